The number of benzene rings is 1. The lowest BCUT2D eigenvalue weighted by atomic mass is 10.2. The number of carbonyl (C=O) groups is 2. The van der Waals surface area contributed by atoms with Gasteiger partial charge in [0.25, 0.3) is 0 Å². The van der Waals surface area contributed by atoms with E-state index in [1.165, 1.54) is 6.08 Å². The van der Waals surface area contributed by atoms with Crippen LogP contribution in [0.4, 0.5) is 0 Å². The maximum absolute atomic E-state index is 12.0. The van der Waals surface area contributed by atoms with Crippen molar-refractivity contribution < 1.29 is 19.1 Å². The number of ether oxygens (including phenoxy) is 2. The Labute approximate surface area is 148 Å². The van der Waals surface area contributed by atoms with Crippen LogP contribution in [0.1, 0.15) is 25.8 Å². The van der Waals surface area contributed by atoms with Crippen LogP contribution in [0.2, 0.25) is 0 Å². The summed E-state index contributed by atoms with van der Waals surface area (Å²) >= 11 is 0. The molecule has 0 atom stereocenters. The van der Waals surface area contributed by atoms with Crippen LogP contribution in [0.5, 0.6) is 5.75 Å². The summed E-state index contributed by atoms with van der Waals surface area (Å²) in [5.41, 5.74) is 0.913. The summed E-state index contributed by atoms with van der Waals surface area (Å²) in [7, 11) is 0. The third-order valence-corrected chi connectivity index (χ3v) is 3.68. The lowest BCUT2D eigenvalue weighted by molar-refractivity contribution is -0.135. The van der Waals surface area contributed by atoms with E-state index in [2.05, 4.69) is 5.32 Å². The van der Waals surface area contributed by atoms with Gasteiger partial charge < -0.3 is 19.7 Å². The maximum atomic E-state index is 12.0. The number of morpholine rings is 1. The van der Waals surface area contributed by atoms with Crippen molar-refractivity contribution in [2.75, 3.05) is 32.8 Å². The average molecular weight is 346 g/mol. The topological polar surface area (TPSA) is 67.9 Å². The van der Waals surface area contributed by atoms with Gasteiger partial charge >= 0.3 is 0 Å². The van der Waals surface area contributed by atoms with Gasteiger partial charge in [0, 0.05) is 32.1 Å². The summed E-state index contributed by atoms with van der Waals surface area (Å²) in [5.74, 6) is 0.642. The lowest BCUT2D eigenvalue weighted by Crippen LogP contribution is -2.41. The summed E-state index contributed by atoms with van der Waals surface area (Å²) in [5, 5.41) is 2.73. The van der Waals surface area contributed by atoms with E-state index in [0.717, 1.165) is 11.3 Å². The van der Waals surface area contributed by atoms with Crippen molar-refractivity contribution in [2.24, 2.45) is 0 Å². The van der Waals surface area contributed by atoms with Crippen molar-refractivity contribution in [3.8, 4) is 5.75 Å². The highest BCUT2D eigenvalue weighted by Gasteiger charge is 2.16. The van der Waals surface area contributed by atoms with Crippen LogP contribution in [-0.2, 0) is 14.3 Å². The van der Waals surface area contributed by atoms with Crippen molar-refractivity contribution in [2.45, 2.75) is 26.4 Å². The number of nitrogens with zero attached hydrogens (tertiary/aromatic N) is 1. The third kappa shape index (κ3) is 6.97. The highest BCUT2D eigenvalue weighted by Crippen LogP contribution is 2.14. The molecule has 1 heterocycles. The molecule has 0 aromatic heterocycles. The van der Waals surface area contributed by atoms with Crippen molar-refractivity contribution >= 4 is 17.9 Å². The fraction of sp³-hybridized carbons (Fsp3) is 0.474. The summed E-state index contributed by atoms with van der Waals surface area (Å²) in [4.78, 5) is 25.5. The van der Waals surface area contributed by atoms with Crippen LogP contribution in [0, 0.1) is 0 Å². The largest absolute Gasteiger partial charge is 0.491 e. The van der Waals surface area contributed by atoms with E-state index in [4.69, 9.17) is 9.47 Å². The van der Waals surface area contributed by atoms with Gasteiger partial charge in [0.15, 0.2) is 0 Å². The van der Waals surface area contributed by atoms with E-state index in [1.807, 2.05) is 38.1 Å². The molecule has 136 valence electrons. The summed E-state index contributed by atoms with van der Waals surface area (Å²) in [6.07, 6.45) is 3.64. The third-order valence-electron chi connectivity index (χ3n) is 3.68. The van der Waals surface area contributed by atoms with Gasteiger partial charge in [0.2, 0.25) is 11.8 Å². The molecule has 1 N–H and O–H groups in total. The Morgan fingerprint density at radius 1 is 1.24 bits per heavy atom. The highest BCUT2D eigenvalue weighted by molar-refractivity contribution is 5.92. The molecule has 1 fully saturated rings. The fourth-order valence-electron chi connectivity index (χ4n) is 2.42. The van der Waals surface area contributed by atoms with E-state index in [1.54, 1.807) is 11.0 Å². The lowest BCUT2D eigenvalue weighted by Gasteiger charge is -2.26. The summed E-state index contributed by atoms with van der Waals surface area (Å²) in [6.45, 7) is 6.71. The second-order valence-electron chi connectivity index (χ2n) is 6.10. The molecular formula is C19H26N2O4. The molecule has 6 heteroatoms. The Morgan fingerprint density at radius 2 is 1.92 bits per heavy atom. The molecule has 6 nitrogen and oxygen atoms in total. The van der Waals surface area contributed by atoms with Gasteiger partial charge in [-0.2, -0.15) is 0 Å². The molecule has 0 unspecified atom stereocenters. The Balaban J connectivity index is 1.70. The molecule has 0 saturated carbocycles. The quantitative estimate of drug-likeness (QED) is 0.765. The predicted octanol–water partition coefficient (Wildman–Crippen LogP) is 1.85. The normalized spacial score (nSPS) is 14.8. The molecule has 2 rings (SSSR count). The number of amides is 2. The Kier molecular flexibility index (Phi) is 7.47. The molecule has 1 aromatic rings. The Bertz CT molecular complexity index is 590. The second-order valence-corrected chi connectivity index (χ2v) is 6.10. The van der Waals surface area contributed by atoms with Gasteiger partial charge in [0.05, 0.1) is 19.3 Å². The average Bonchev–Trinajstić information content (AvgIpc) is 2.61. The van der Waals surface area contributed by atoms with Crippen LogP contribution in [0.3, 0.4) is 0 Å². The smallest absolute Gasteiger partial charge is 0.244 e. The molecule has 2 amide bonds. The zero-order chi connectivity index (χ0) is 18.1. The molecule has 1 aromatic carbocycles. The molecular weight excluding hydrogens is 320 g/mol. The first-order valence-corrected chi connectivity index (χ1v) is 8.63. The van der Waals surface area contributed by atoms with Gasteiger partial charge in [-0.1, -0.05) is 12.1 Å². The van der Waals surface area contributed by atoms with Crippen LogP contribution in [0.25, 0.3) is 6.08 Å². The van der Waals surface area contributed by atoms with Crippen LogP contribution in [0.15, 0.2) is 30.3 Å². The Hall–Kier alpha value is -2.34. The number of nitrogens with one attached hydrogen (secondary N) is 1. The number of carbonyl (C=O) groups excluding carboxylic acids is 2. The monoisotopic (exact) mass is 346 g/mol. The standard InChI is InChI=1S/C19H26N2O4/c1-15(2)25-17-6-3-16(4-7-17)5-8-18(22)20-10-9-19(23)21-11-13-24-14-12-21/h3-8,15H,9-14H2,1-2H3,(H,20,22). The van der Waals surface area contributed by atoms with E-state index < -0.39 is 0 Å². The van der Waals surface area contributed by atoms with Gasteiger partial charge in [0.1, 0.15) is 5.75 Å². The van der Waals surface area contributed by atoms with Crippen molar-refractivity contribution in [1.82, 2.24) is 10.2 Å². The number of hydrogen-bond acceptors (Lipinski definition) is 4. The van der Waals surface area contributed by atoms with Crippen molar-refractivity contribution in [3.63, 3.8) is 0 Å². The molecule has 1 saturated heterocycles. The minimum atomic E-state index is -0.211. The van der Waals surface area contributed by atoms with E-state index in [-0.39, 0.29) is 17.9 Å². The highest BCUT2D eigenvalue weighted by atomic mass is 16.5. The second kappa shape index (κ2) is 9.84. The zero-order valence-electron chi connectivity index (χ0n) is 14.9. The van der Waals surface area contributed by atoms with E-state index in [9.17, 15) is 9.59 Å². The van der Waals surface area contributed by atoms with Gasteiger partial charge in [-0.25, -0.2) is 0 Å². The fourth-order valence-corrected chi connectivity index (χ4v) is 2.42. The zero-order valence-corrected chi connectivity index (χ0v) is 14.9. The van der Waals surface area contributed by atoms with Gasteiger partial charge in [-0.05, 0) is 37.6 Å². The van der Waals surface area contributed by atoms with Crippen molar-refractivity contribution in [1.29, 1.82) is 0 Å². The first-order valence-electron chi connectivity index (χ1n) is 8.63. The van der Waals surface area contributed by atoms with Crippen LogP contribution < -0.4 is 10.1 Å². The van der Waals surface area contributed by atoms with Crippen LogP contribution in [-0.4, -0.2) is 55.7 Å². The Morgan fingerprint density at radius 3 is 2.56 bits per heavy atom. The van der Waals surface area contributed by atoms with E-state index >= 15 is 0 Å². The molecule has 0 bridgehead atoms. The van der Waals surface area contributed by atoms with Crippen LogP contribution >= 0.6 is 0 Å². The first kappa shape index (κ1) is 19.0. The minimum absolute atomic E-state index is 0.0494. The molecule has 1 aliphatic rings. The molecule has 1 aliphatic heterocycles. The van der Waals surface area contributed by atoms with Gasteiger partial charge in [-0.3, -0.25) is 9.59 Å². The summed E-state index contributed by atoms with van der Waals surface area (Å²) in [6, 6.07) is 7.53. The molecule has 25 heavy (non-hydrogen) atoms. The first-order chi connectivity index (χ1) is 12.0. The molecule has 0 aliphatic carbocycles. The molecule has 0 radical (unpaired) electrons. The van der Waals surface area contributed by atoms with Crippen molar-refractivity contribution in [3.05, 3.63) is 35.9 Å². The maximum Gasteiger partial charge on any atom is 0.244 e. The number of rotatable bonds is 7. The SMILES string of the molecule is CC(C)Oc1ccc(C=CC(=O)NCCC(=O)N2CCOCC2)cc1. The number of hydrogen-bond donors (Lipinski definition) is 1. The summed E-state index contributed by atoms with van der Waals surface area (Å²) < 4.78 is 10.8. The minimum Gasteiger partial charge on any atom is -0.491 e. The molecule has 0 spiro atoms. The predicted molar refractivity (Wildman–Crippen MR) is 96.3 cm³/mol. The van der Waals surface area contributed by atoms with Gasteiger partial charge in [-0.15, -0.1) is 0 Å². The van der Waals surface area contributed by atoms with E-state index in [0.29, 0.717) is 39.3 Å².